The van der Waals surface area contributed by atoms with Crippen LogP contribution in [0.15, 0.2) is 53.4 Å². The van der Waals surface area contributed by atoms with Gasteiger partial charge in [0, 0.05) is 25.2 Å². The predicted octanol–water partition coefficient (Wildman–Crippen LogP) is 3.52. The number of sulfonamides is 1. The molecule has 2 aromatic rings. The van der Waals surface area contributed by atoms with Gasteiger partial charge in [0.2, 0.25) is 10.0 Å². The molecule has 0 spiro atoms. The highest BCUT2D eigenvalue weighted by atomic mass is 32.2. The van der Waals surface area contributed by atoms with Gasteiger partial charge in [-0.1, -0.05) is 38.1 Å². The van der Waals surface area contributed by atoms with Crippen molar-refractivity contribution in [1.82, 2.24) is 9.62 Å². The summed E-state index contributed by atoms with van der Waals surface area (Å²) in [5.74, 6) is 0.293. The van der Waals surface area contributed by atoms with Crippen LogP contribution in [0.2, 0.25) is 0 Å². The van der Waals surface area contributed by atoms with Crippen molar-refractivity contribution >= 4 is 15.9 Å². The quantitative estimate of drug-likeness (QED) is 0.826. The molecule has 6 heteroatoms. The van der Waals surface area contributed by atoms with E-state index >= 15 is 0 Å². The normalized spacial score (nSPS) is 15.2. The number of nitrogens with one attached hydrogen (secondary N) is 1. The van der Waals surface area contributed by atoms with Gasteiger partial charge in [0.25, 0.3) is 5.91 Å². The van der Waals surface area contributed by atoms with Gasteiger partial charge in [0.15, 0.2) is 0 Å². The number of carbonyl (C=O) groups excluding carboxylic acids is 1. The van der Waals surface area contributed by atoms with Crippen LogP contribution in [0, 0.1) is 5.92 Å². The van der Waals surface area contributed by atoms with Crippen molar-refractivity contribution in [1.29, 1.82) is 0 Å². The van der Waals surface area contributed by atoms with Gasteiger partial charge in [0.1, 0.15) is 0 Å². The van der Waals surface area contributed by atoms with Gasteiger partial charge in [-0.3, -0.25) is 4.79 Å². The van der Waals surface area contributed by atoms with E-state index < -0.39 is 10.0 Å². The Morgan fingerprint density at radius 2 is 1.70 bits per heavy atom. The third-order valence-corrected chi connectivity index (χ3v) is 6.60. The molecule has 27 heavy (non-hydrogen) atoms. The number of hydrogen-bond acceptors (Lipinski definition) is 3. The van der Waals surface area contributed by atoms with Crippen LogP contribution < -0.4 is 5.32 Å². The van der Waals surface area contributed by atoms with E-state index in [1.165, 1.54) is 0 Å². The highest BCUT2D eigenvalue weighted by Gasteiger charge is 2.26. The Morgan fingerprint density at radius 3 is 2.33 bits per heavy atom. The SMILES string of the molecule is CC(C)CNC(=O)c1cccc(-c2ccc(S(=O)(=O)N3CCCC3)cc2)c1. The van der Waals surface area contributed by atoms with Gasteiger partial charge in [-0.25, -0.2) is 8.42 Å². The molecule has 2 aromatic carbocycles. The Labute approximate surface area is 161 Å². The lowest BCUT2D eigenvalue weighted by molar-refractivity contribution is 0.0949. The van der Waals surface area contributed by atoms with Crippen molar-refractivity contribution in [3.63, 3.8) is 0 Å². The maximum atomic E-state index is 12.6. The fourth-order valence-electron chi connectivity index (χ4n) is 3.14. The Balaban J connectivity index is 1.79. The molecule has 0 radical (unpaired) electrons. The van der Waals surface area contributed by atoms with E-state index in [1.807, 2.05) is 18.2 Å². The predicted molar refractivity (Wildman–Crippen MR) is 107 cm³/mol. The van der Waals surface area contributed by atoms with Gasteiger partial charge in [-0.15, -0.1) is 0 Å². The molecule has 0 unspecified atom stereocenters. The van der Waals surface area contributed by atoms with Crippen LogP contribution in [-0.4, -0.2) is 38.3 Å². The minimum Gasteiger partial charge on any atom is -0.352 e. The van der Waals surface area contributed by atoms with Crippen molar-refractivity contribution in [3.8, 4) is 11.1 Å². The van der Waals surface area contributed by atoms with Crippen LogP contribution >= 0.6 is 0 Å². The van der Waals surface area contributed by atoms with Crippen molar-refractivity contribution in [3.05, 3.63) is 54.1 Å². The summed E-state index contributed by atoms with van der Waals surface area (Å²) in [6.07, 6.45) is 1.84. The molecule has 3 rings (SSSR count). The molecule has 0 aliphatic carbocycles. The van der Waals surface area contributed by atoms with Crippen molar-refractivity contribution < 1.29 is 13.2 Å². The summed E-state index contributed by atoms with van der Waals surface area (Å²) >= 11 is 0. The maximum Gasteiger partial charge on any atom is 0.251 e. The second-order valence-corrected chi connectivity index (χ2v) is 9.26. The van der Waals surface area contributed by atoms with Crippen molar-refractivity contribution in [2.75, 3.05) is 19.6 Å². The van der Waals surface area contributed by atoms with Crippen LogP contribution in [0.1, 0.15) is 37.0 Å². The van der Waals surface area contributed by atoms with Crippen molar-refractivity contribution in [2.45, 2.75) is 31.6 Å². The Hall–Kier alpha value is -2.18. The summed E-state index contributed by atoms with van der Waals surface area (Å²) in [6, 6.07) is 14.3. The number of rotatable bonds is 6. The molecule has 1 amide bonds. The molecule has 1 fully saturated rings. The van der Waals surface area contributed by atoms with Gasteiger partial charge >= 0.3 is 0 Å². The molecular formula is C21H26N2O3S. The second-order valence-electron chi connectivity index (χ2n) is 7.32. The molecule has 1 saturated heterocycles. The summed E-state index contributed by atoms with van der Waals surface area (Å²) in [4.78, 5) is 12.6. The summed E-state index contributed by atoms with van der Waals surface area (Å²) in [7, 11) is -3.41. The summed E-state index contributed by atoms with van der Waals surface area (Å²) < 4.78 is 26.8. The van der Waals surface area contributed by atoms with E-state index in [9.17, 15) is 13.2 Å². The molecule has 0 bridgehead atoms. The molecule has 1 N–H and O–H groups in total. The number of benzene rings is 2. The third kappa shape index (κ3) is 4.57. The van der Waals surface area contributed by atoms with E-state index in [2.05, 4.69) is 19.2 Å². The monoisotopic (exact) mass is 386 g/mol. The molecule has 1 aliphatic heterocycles. The maximum absolute atomic E-state index is 12.6. The standard InChI is InChI=1S/C21H26N2O3S/c1-16(2)15-22-21(24)19-7-5-6-18(14-19)17-8-10-20(11-9-17)27(25,26)23-12-3-4-13-23/h5-11,14,16H,3-4,12-13,15H2,1-2H3,(H,22,24). The van der Waals surface area contributed by atoms with Crippen molar-refractivity contribution in [2.24, 2.45) is 5.92 Å². The van der Waals surface area contributed by atoms with Crippen LogP contribution in [0.3, 0.4) is 0 Å². The second kappa shape index (κ2) is 8.23. The lowest BCUT2D eigenvalue weighted by Crippen LogP contribution is -2.27. The zero-order chi connectivity index (χ0) is 19.4. The Bertz CT molecular complexity index is 899. The topological polar surface area (TPSA) is 66.5 Å². The van der Waals surface area contributed by atoms with Gasteiger partial charge in [-0.2, -0.15) is 4.31 Å². The molecule has 1 aliphatic rings. The van der Waals surface area contributed by atoms with E-state index in [-0.39, 0.29) is 5.91 Å². The minimum atomic E-state index is -3.41. The first-order chi connectivity index (χ1) is 12.9. The smallest absolute Gasteiger partial charge is 0.251 e. The third-order valence-electron chi connectivity index (χ3n) is 4.69. The van der Waals surface area contributed by atoms with Gasteiger partial charge in [-0.05, 0) is 54.2 Å². The number of nitrogens with zero attached hydrogens (tertiary/aromatic N) is 1. The van der Waals surface area contributed by atoms with E-state index in [0.717, 1.165) is 24.0 Å². The number of amides is 1. The lowest BCUT2D eigenvalue weighted by atomic mass is 10.0. The van der Waals surface area contributed by atoms with E-state index in [4.69, 9.17) is 0 Å². The summed E-state index contributed by atoms with van der Waals surface area (Å²) in [5, 5.41) is 2.91. The zero-order valence-corrected chi connectivity index (χ0v) is 16.6. The number of carbonyl (C=O) groups is 1. The zero-order valence-electron chi connectivity index (χ0n) is 15.8. The first kappa shape index (κ1) is 19.6. The van der Waals surface area contributed by atoms with Crippen LogP contribution in [-0.2, 0) is 10.0 Å². The van der Waals surface area contributed by atoms with Crippen LogP contribution in [0.5, 0.6) is 0 Å². The Kier molecular flexibility index (Phi) is 5.97. The summed E-state index contributed by atoms with van der Waals surface area (Å²) in [5.41, 5.74) is 2.37. The molecule has 0 aromatic heterocycles. The minimum absolute atomic E-state index is 0.0984. The average molecular weight is 387 g/mol. The van der Waals surface area contributed by atoms with E-state index in [1.54, 1.807) is 34.6 Å². The van der Waals surface area contributed by atoms with E-state index in [0.29, 0.717) is 36.0 Å². The fraction of sp³-hybridized carbons (Fsp3) is 0.381. The van der Waals surface area contributed by atoms with Gasteiger partial charge in [0.05, 0.1) is 4.90 Å². The number of hydrogen-bond donors (Lipinski definition) is 1. The highest BCUT2D eigenvalue weighted by molar-refractivity contribution is 7.89. The Morgan fingerprint density at radius 1 is 1.04 bits per heavy atom. The van der Waals surface area contributed by atoms with Gasteiger partial charge < -0.3 is 5.32 Å². The largest absolute Gasteiger partial charge is 0.352 e. The van der Waals surface area contributed by atoms with Crippen LogP contribution in [0.4, 0.5) is 0 Å². The molecule has 0 saturated carbocycles. The first-order valence-corrected chi connectivity index (χ1v) is 10.8. The summed E-state index contributed by atoms with van der Waals surface area (Å²) in [6.45, 7) is 5.92. The molecule has 144 valence electrons. The molecular weight excluding hydrogens is 360 g/mol. The molecule has 0 atom stereocenters. The van der Waals surface area contributed by atoms with Crippen LogP contribution in [0.25, 0.3) is 11.1 Å². The first-order valence-electron chi connectivity index (χ1n) is 9.37. The highest BCUT2D eigenvalue weighted by Crippen LogP contribution is 2.25. The molecule has 5 nitrogen and oxygen atoms in total. The average Bonchev–Trinajstić information content (AvgIpc) is 3.22. The lowest BCUT2D eigenvalue weighted by Gasteiger charge is -2.15. The fourth-order valence-corrected chi connectivity index (χ4v) is 4.65. The molecule has 1 heterocycles.